The van der Waals surface area contributed by atoms with E-state index in [1.807, 2.05) is 13.8 Å². The van der Waals surface area contributed by atoms with Gasteiger partial charge in [0.05, 0.1) is 54.4 Å². The first-order valence-corrected chi connectivity index (χ1v) is 20.9. The minimum Gasteiger partial charge on any atom is -0.458 e. The number of esters is 1. The highest BCUT2D eigenvalue weighted by molar-refractivity contribution is 5.85. The second-order valence-corrected chi connectivity index (χ2v) is 18.8. The van der Waals surface area contributed by atoms with Gasteiger partial charge in [-0.15, -0.1) is 0 Å². The number of rotatable bonds is 7. The summed E-state index contributed by atoms with van der Waals surface area (Å²) in [6.07, 6.45) is -1.51. The number of ether oxygens (including phenoxy) is 7. The standard InChI is InChI=1S/C41H64O14/c1-19-36(47)28(42)15-34(50-19)54-38-21(3)52-35(17-30(38)44)55-37-20(2)51-33(16-29(37)43)53-24-8-10-39(4)23(13-24)6-7-26-27(39)14-31(45)40(5)25(9-11-41(26,40)48)22-12-32(46)49-18-22/h12,19-21,23-31,33-38,42-45,47-48H,6-11,13-18H2,1-5H3/t19-,20-,21-,23-,24-,25+,26-,27+,28+,29+,30+,31+,33+,34+,35-,36-,37+,38+,39-,40+,41-/m1/s1. The number of fused-ring (bicyclic) bond motifs is 5. The van der Waals surface area contributed by atoms with Gasteiger partial charge in [0.25, 0.3) is 0 Å². The van der Waals surface area contributed by atoms with Gasteiger partial charge in [-0.3, -0.25) is 0 Å². The van der Waals surface area contributed by atoms with Crippen LogP contribution in [0.4, 0.5) is 0 Å². The lowest BCUT2D eigenvalue weighted by Gasteiger charge is -2.65. The predicted molar refractivity (Wildman–Crippen MR) is 193 cm³/mol. The van der Waals surface area contributed by atoms with E-state index >= 15 is 0 Å². The molecule has 0 aromatic heterocycles. The van der Waals surface area contributed by atoms with Crippen LogP contribution in [0, 0.1) is 34.5 Å². The number of aliphatic hydroxyl groups is 6. The molecule has 4 aliphatic heterocycles. The third-order valence-corrected chi connectivity index (χ3v) is 16.0. The second-order valence-electron chi connectivity index (χ2n) is 18.8. The van der Waals surface area contributed by atoms with Gasteiger partial charge in [0.1, 0.15) is 24.9 Å². The average molecular weight is 781 g/mol. The van der Waals surface area contributed by atoms with E-state index < -0.39 is 90.9 Å². The van der Waals surface area contributed by atoms with Gasteiger partial charge in [-0.25, -0.2) is 4.79 Å². The van der Waals surface area contributed by atoms with Crippen LogP contribution in [-0.2, 0) is 38.0 Å². The Hall–Kier alpha value is -1.27. The molecule has 0 amide bonds. The molecule has 3 saturated heterocycles. The monoisotopic (exact) mass is 780 g/mol. The van der Waals surface area contributed by atoms with E-state index in [9.17, 15) is 35.4 Å². The lowest BCUT2D eigenvalue weighted by atomic mass is 9.42. The number of carbonyl (C=O) groups excluding carboxylic acids is 1. The summed E-state index contributed by atoms with van der Waals surface area (Å²) < 4.78 is 42.1. The summed E-state index contributed by atoms with van der Waals surface area (Å²) in [4.78, 5) is 11.9. The molecule has 0 aromatic rings. The van der Waals surface area contributed by atoms with E-state index in [4.69, 9.17) is 33.2 Å². The van der Waals surface area contributed by atoms with Crippen LogP contribution in [-0.4, -0.2) is 135 Å². The van der Waals surface area contributed by atoms with Crippen LogP contribution in [0.3, 0.4) is 0 Å². The molecule has 7 fully saturated rings. The van der Waals surface area contributed by atoms with E-state index in [0.29, 0.717) is 18.8 Å². The third kappa shape index (κ3) is 6.95. The zero-order valence-electron chi connectivity index (χ0n) is 32.9. The van der Waals surface area contributed by atoms with E-state index in [0.717, 1.165) is 44.1 Å². The Bertz CT molecular complexity index is 1410. The topological polar surface area (TPSA) is 203 Å². The van der Waals surface area contributed by atoms with Gasteiger partial charge in [-0.05, 0) is 107 Å². The molecule has 8 rings (SSSR count). The molecule has 0 aromatic carbocycles. The fraction of sp³-hybridized carbons (Fsp3) is 0.927. The summed E-state index contributed by atoms with van der Waals surface area (Å²) in [5.41, 5.74) is -0.892. The van der Waals surface area contributed by atoms with Crippen molar-refractivity contribution in [1.82, 2.24) is 0 Å². The molecule has 312 valence electrons. The highest BCUT2D eigenvalue weighted by atomic mass is 16.7. The fourth-order valence-electron chi connectivity index (χ4n) is 12.8. The van der Waals surface area contributed by atoms with Crippen molar-refractivity contribution in [1.29, 1.82) is 0 Å². The molecule has 8 aliphatic rings. The Morgan fingerprint density at radius 1 is 0.691 bits per heavy atom. The molecule has 0 radical (unpaired) electrons. The van der Waals surface area contributed by atoms with E-state index in [1.54, 1.807) is 19.9 Å². The molecule has 4 saturated carbocycles. The smallest absolute Gasteiger partial charge is 0.331 e. The summed E-state index contributed by atoms with van der Waals surface area (Å²) in [7, 11) is 0. The fourth-order valence-corrected chi connectivity index (χ4v) is 12.8. The van der Waals surface area contributed by atoms with Crippen LogP contribution < -0.4 is 0 Å². The van der Waals surface area contributed by atoms with Crippen LogP contribution >= 0.6 is 0 Å². The highest BCUT2D eigenvalue weighted by Gasteiger charge is 2.71. The molecule has 0 unspecified atom stereocenters. The van der Waals surface area contributed by atoms with Gasteiger partial charge in [-0.2, -0.15) is 0 Å². The summed E-state index contributed by atoms with van der Waals surface area (Å²) >= 11 is 0. The van der Waals surface area contributed by atoms with Crippen LogP contribution in [0.25, 0.3) is 0 Å². The Balaban J connectivity index is 0.837. The van der Waals surface area contributed by atoms with Gasteiger partial charge >= 0.3 is 5.97 Å². The lowest BCUT2D eigenvalue weighted by molar-refractivity contribution is -0.336. The number of cyclic esters (lactones) is 1. The number of hydrogen-bond donors (Lipinski definition) is 6. The van der Waals surface area contributed by atoms with Gasteiger partial charge in [-0.1, -0.05) is 13.8 Å². The minimum atomic E-state index is -1.01. The molecule has 55 heavy (non-hydrogen) atoms. The summed E-state index contributed by atoms with van der Waals surface area (Å²) in [5, 5.41) is 66.9. The normalized spacial score (nSPS) is 55.5. The summed E-state index contributed by atoms with van der Waals surface area (Å²) in [6.45, 7) is 9.90. The Labute approximate surface area is 323 Å². The lowest BCUT2D eigenvalue weighted by Crippen LogP contribution is -2.67. The SMILES string of the molecule is C[C@H]1O[C@@H](O[C@@H]2[C@@H](O)C[C@@H](O[C@@H]3[C@@H](O)C[C@H](O[C@@H]4CC[C@]5(C)[C@H](CC[C@@H]6[C@@H]5C[C@H](O)[C@]5(C)[C@H](C7=CC(=O)OC7)CC[C@@]65O)C4)O[C@@H]3C)O[C@@H]2C)C[C@H](O)[C@@H]1O. The van der Waals surface area contributed by atoms with Crippen molar-refractivity contribution in [3.63, 3.8) is 0 Å². The molecular weight excluding hydrogens is 716 g/mol. The average Bonchev–Trinajstić information content (AvgIpc) is 3.67. The third-order valence-electron chi connectivity index (χ3n) is 16.0. The zero-order chi connectivity index (χ0) is 39.2. The number of carbonyl (C=O) groups is 1. The molecule has 4 heterocycles. The van der Waals surface area contributed by atoms with Crippen molar-refractivity contribution in [2.45, 2.75) is 197 Å². The molecular formula is C41H64O14. The first-order valence-electron chi connectivity index (χ1n) is 20.9. The van der Waals surface area contributed by atoms with Gasteiger partial charge in [0.15, 0.2) is 18.9 Å². The molecule has 21 atom stereocenters. The van der Waals surface area contributed by atoms with Crippen molar-refractivity contribution in [3.8, 4) is 0 Å². The molecule has 4 aliphatic carbocycles. The van der Waals surface area contributed by atoms with Gasteiger partial charge in [0, 0.05) is 30.8 Å². The first-order chi connectivity index (χ1) is 26.0. The predicted octanol–water partition coefficient (Wildman–Crippen LogP) is 2.22. The minimum absolute atomic E-state index is 0.0452. The zero-order valence-corrected chi connectivity index (χ0v) is 32.9. The van der Waals surface area contributed by atoms with Gasteiger partial charge in [0.2, 0.25) is 0 Å². The van der Waals surface area contributed by atoms with Crippen molar-refractivity contribution >= 4 is 5.97 Å². The van der Waals surface area contributed by atoms with Crippen LogP contribution in [0.15, 0.2) is 11.6 Å². The van der Waals surface area contributed by atoms with Crippen molar-refractivity contribution < 1.29 is 68.6 Å². The highest BCUT2D eigenvalue weighted by Crippen LogP contribution is 2.70. The summed E-state index contributed by atoms with van der Waals surface area (Å²) in [6, 6.07) is 0. The van der Waals surface area contributed by atoms with Crippen LogP contribution in [0.2, 0.25) is 0 Å². The maximum Gasteiger partial charge on any atom is 0.331 e. The van der Waals surface area contributed by atoms with E-state index in [2.05, 4.69) is 6.92 Å². The molecule has 0 bridgehead atoms. The Morgan fingerprint density at radius 3 is 1.87 bits per heavy atom. The van der Waals surface area contributed by atoms with Crippen LogP contribution in [0.1, 0.15) is 105 Å². The molecule has 6 N–H and O–H groups in total. The largest absolute Gasteiger partial charge is 0.458 e. The van der Waals surface area contributed by atoms with Crippen molar-refractivity contribution in [3.05, 3.63) is 11.6 Å². The second kappa shape index (κ2) is 15.1. The quantitative estimate of drug-likeness (QED) is 0.162. The Morgan fingerprint density at radius 2 is 1.29 bits per heavy atom. The number of hydrogen-bond acceptors (Lipinski definition) is 14. The van der Waals surface area contributed by atoms with E-state index in [1.165, 1.54) is 0 Å². The summed E-state index contributed by atoms with van der Waals surface area (Å²) in [5.74, 6) is 0.204. The first kappa shape index (κ1) is 40.5. The van der Waals surface area contributed by atoms with Gasteiger partial charge < -0.3 is 63.8 Å². The van der Waals surface area contributed by atoms with Crippen LogP contribution in [0.5, 0.6) is 0 Å². The number of aliphatic hydroxyl groups excluding tert-OH is 5. The maximum absolute atomic E-state index is 12.6. The van der Waals surface area contributed by atoms with Crippen molar-refractivity contribution in [2.75, 3.05) is 6.61 Å². The van der Waals surface area contributed by atoms with E-state index in [-0.39, 0.29) is 61.1 Å². The molecule has 14 nitrogen and oxygen atoms in total. The molecule has 0 spiro atoms. The molecule has 14 heteroatoms. The maximum atomic E-state index is 12.6. The van der Waals surface area contributed by atoms with Crippen molar-refractivity contribution in [2.24, 2.45) is 34.5 Å². The Kier molecular flexibility index (Phi) is 11.1.